The van der Waals surface area contributed by atoms with E-state index in [2.05, 4.69) is 5.32 Å². The number of rotatable bonds is 6. The SMILES string of the molecule is CNCCCN(C)C(=O)c1ccccc1C(=O)O. The number of carbonyl (C=O) groups excluding carboxylic acids is 1. The molecule has 1 amide bonds. The number of aromatic carboxylic acids is 1. The summed E-state index contributed by atoms with van der Waals surface area (Å²) in [5, 5.41) is 12.0. The second kappa shape index (κ2) is 6.76. The molecular formula is C13H18N2O3. The van der Waals surface area contributed by atoms with Gasteiger partial charge < -0.3 is 15.3 Å². The molecule has 0 radical (unpaired) electrons. The van der Waals surface area contributed by atoms with Crippen molar-refractivity contribution in [3.63, 3.8) is 0 Å². The first kappa shape index (κ1) is 14.2. The number of benzene rings is 1. The first-order valence-corrected chi connectivity index (χ1v) is 5.80. The van der Waals surface area contributed by atoms with Gasteiger partial charge in [0.2, 0.25) is 0 Å². The average Bonchev–Trinajstić information content (AvgIpc) is 2.38. The zero-order valence-corrected chi connectivity index (χ0v) is 10.6. The van der Waals surface area contributed by atoms with Crippen LogP contribution in [-0.2, 0) is 0 Å². The summed E-state index contributed by atoms with van der Waals surface area (Å²) in [6.45, 7) is 1.41. The Balaban J connectivity index is 2.80. The van der Waals surface area contributed by atoms with Gasteiger partial charge in [0, 0.05) is 13.6 Å². The molecule has 2 N–H and O–H groups in total. The van der Waals surface area contributed by atoms with Gasteiger partial charge in [0.15, 0.2) is 0 Å². The quantitative estimate of drug-likeness (QED) is 0.741. The highest BCUT2D eigenvalue weighted by Gasteiger charge is 2.18. The van der Waals surface area contributed by atoms with Crippen LogP contribution in [0.25, 0.3) is 0 Å². The zero-order chi connectivity index (χ0) is 13.5. The Bertz CT molecular complexity index is 432. The maximum atomic E-state index is 12.1. The molecule has 0 aromatic heterocycles. The molecule has 98 valence electrons. The number of amides is 1. The van der Waals surface area contributed by atoms with Crippen LogP contribution in [0.3, 0.4) is 0 Å². The summed E-state index contributed by atoms with van der Waals surface area (Å²) in [7, 11) is 3.53. The third-order valence-corrected chi connectivity index (χ3v) is 2.65. The Hall–Kier alpha value is -1.88. The molecule has 0 unspecified atom stereocenters. The molecule has 1 rings (SSSR count). The van der Waals surface area contributed by atoms with Gasteiger partial charge in [-0.1, -0.05) is 12.1 Å². The van der Waals surface area contributed by atoms with E-state index in [1.807, 2.05) is 7.05 Å². The van der Waals surface area contributed by atoms with Crippen LogP contribution in [0.15, 0.2) is 24.3 Å². The second-order valence-electron chi connectivity index (χ2n) is 4.03. The van der Waals surface area contributed by atoms with Crippen LogP contribution >= 0.6 is 0 Å². The normalized spacial score (nSPS) is 10.1. The molecular weight excluding hydrogens is 232 g/mol. The van der Waals surface area contributed by atoms with E-state index < -0.39 is 5.97 Å². The van der Waals surface area contributed by atoms with Crippen molar-refractivity contribution in [1.82, 2.24) is 10.2 Å². The van der Waals surface area contributed by atoms with Crippen LogP contribution in [0.5, 0.6) is 0 Å². The summed E-state index contributed by atoms with van der Waals surface area (Å²) in [5.74, 6) is -1.34. The molecule has 5 heteroatoms. The molecule has 0 spiro atoms. The lowest BCUT2D eigenvalue weighted by Crippen LogP contribution is -2.30. The molecule has 1 aromatic rings. The maximum Gasteiger partial charge on any atom is 0.336 e. The summed E-state index contributed by atoms with van der Waals surface area (Å²) >= 11 is 0. The highest BCUT2D eigenvalue weighted by molar-refractivity contribution is 6.04. The van der Waals surface area contributed by atoms with Crippen molar-refractivity contribution < 1.29 is 14.7 Å². The molecule has 0 bridgehead atoms. The molecule has 0 aliphatic carbocycles. The van der Waals surface area contributed by atoms with Crippen LogP contribution in [-0.4, -0.2) is 49.1 Å². The minimum Gasteiger partial charge on any atom is -0.478 e. The number of carboxylic acid groups (broad SMARTS) is 1. The molecule has 0 fully saturated rings. The lowest BCUT2D eigenvalue weighted by molar-refractivity contribution is 0.0681. The number of nitrogens with one attached hydrogen (secondary N) is 1. The molecule has 0 saturated carbocycles. The monoisotopic (exact) mass is 250 g/mol. The van der Waals surface area contributed by atoms with E-state index in [1.165, 1.54) is 6.07 Å². The fraction of sp³-hybridized carbons (Fsp3) is 0.385. The van der Waals surface area contributed by atoms with E-state index in [-0.39, 0.29) is 17.0 Å². The van der Waals surface area contributed by atoms with Gasteiger partial charge in [-0.05, 0) is 32.1 Å². The number of hydrogen-bond acceptors (Lipinski definition) is 3. The number of carboxylic acids is 1. The number of hydrogen-bond donors (Lipinski definition) is 2. The van der Waals surface area contributed by atoms with Crippen molar-refractivity contribution in [2.45, 2.75) is 6.42 Å². The lowest BCUT2D eigenvalue weighted by Gasteiger charge is -2.18. The third kappa shape index (κ3) is 3.56. The summed E-state index contributed by atoms with van der Waals surface area (Å²) in [6, 6.07) is 6.26. The third-order valence-electron chi connectivity index (χ3n) is 2.65. The van der Waals surface area contributed by atoms with Crippen LogP contribution < -0.4 is 5.32 Å². The summed E-state index contributed by atoms with van der Waals surface area (Å²) in [4.78, 5) is 24.7. The molecule has 18 heavy (non-hydrogen) atoms. The van der Waals surface area contributed by atoms with Gasteiger partial charge >= 0.3 is 5.97 Å². The van der Waals surface area contributed by atoms with Crippen LogP contribution in [0.1, 0.15) is 27.1 Å². The Morgan fingerprint density at radius 3 is 2.44 bits per heavy atom. The first-order chi connectivity index (χ1) is 8.57. The molecule has 0 heterocycles. The first-order valence-electron chi connectivity index (χ1n) is 5.80. The van der Waals surface area contributed by atoms with Crippen molar-refractivity contribution in [3.8, 4) is 0 Å². The summed E-state index contributed by atoms with van der Waals surface area (Å²) in [5.41, 5.74) is 0.278. The Labute approximate surface area is 106 Å². The predicted octanol–water partition coefficient (Wildman–Crippen LogP) is 1.07. The van der Waals surface area contributed by atoms with E-state index in [0.717, 1.165) is 13.0 Å². The van der Waals surface area contributed by atoms with Gasteiger partial charge in [-0.3, -0.25) is 4.79 Å². The van der Waals surface area contributed by atoms with Gasteiger partial charge in [0.25, 0.3) is 5.91 Å². The maximum absolute atomic E-state index is 12.1. The van der Waals surface area contributed by atoms with Gasteiger partial charge in [0.05, 0.1) is 11.1 Å². The smallest absolute Gasteiger partial charge is 0.336 e. The van der Waals surface area contributed by atoms with Crippen LogP contribution in [0.4, 0.5) is 0 Å². The highest BCUT2D eigenvalue weighted by atomic mass is 16.4. The Kier molecular flexibility index (Phi) is 5.32. The van der Waals surface area contributed by atoms with Gasteiger partial charge in [-0.15, -0.1) is 0 Å². The fourth-order valence-electron chi connectivity index (χ4n) is 1.66. The van der Waals surface area contributed by atoms with Gasteiger partial charge in [-0.25, -0.2) is 4.79 Å². The molecule has 0 saturated heterocycles. The van der Waals surface area contributed by atoms with Crippen molar-refractivity contribution in [3.05, 3.63) is 35.4 Å². The predicted molar refractivity (Wildman–Crippen MR) is 68.9 cm³/mol. The molecule has 5 nitrogen and oxygen atoms in total. The molecule has 0 aliphatic rings. The van der Waals surface area contributed by atoms with Crippen LogP contribution in [0.2, 0.25) is 0 Å². The standard InChI is InChI=1S/C13H18N2O3/c1-14-8-5-9-15(2)12(16)10-6-3-4-7-11(10)13(17)18/h3-4,6-7,14H,5,8-9H2,1-2H3,(H,17,18). The highest BCUT2D eigenvalue weighted by Crippen LogP contribution is 2.11. The van der Waals surface area contributed by atoms with E-state index >= 15 is 0 Å². The van der Waals surface area contributed by atoms with Crippen LogP contribution in [0, 0.1) is 0 Å². The molecule has 0 aliphatic heterocycles. The topological polar surface area (TPSA) is 69.6 Å². The Morgan fingerprint density at radius 2 is 1.89 bits per heavy atom. The van der Waals surface area contributed by atoms with Crippen molar-refractivity contribution in [2.24, 2.45) is 0 Å². The van der Waals surface area contributed by atoms with Crippen molar-refractivity contribution in [2.75, 3.05) is 27.2 Å². The summed E-state index contributed by atoms with van der Waals surface area (Å²) < 4.78 is 0. The van der Waals surface area contributed by atoms with E-state index in [0.29, 0.717) is 6.54 Å². The van der Waals surface area contributed by atoms with E-state index in [9.17, 15) is 9.59 Å². The largest absolute Gasteiger partial charge is 0.478 e. The van der Waals surface area contributed by atoms with Gasteiger partial charge in [0.1, 0.15) is 0 Å². The molecule has 0 atom stereocenters. The zero-order valence-electron chi connectivity index (χ0n) is 10.6. The summed E-state index contributed by atoms with van der Waals surface area (Å²) in [6.07, 6.45) is 0.827. The minimum absolute atomic E-state index is 0.0444. The van der Waals surface area contributed by atoms with Crippen molar-refractivity contribution >= 4 is 11.9 Å². The van der Waals surface area contributed by atoms with Gasteiger partial charge in [-0.2, -0.15) is 0 Å². The van der Waals surface area contributed by atoms with E-state index in [4.69, 9.17) is 5.11 Å². The average molecular weight is 250 g/mol. The Morgan fingerprint density at radius 1 is 1.28 bits per heavy atom. The second-order valence-corrected chi connectivity index (χ2v) is 4.03. The van der Waals surface area contributed by atoms with E-state index in [1.54, 1.807) is 30.1 Å². The number of nitrogens with zero attached hydrogens (tertiary/aromatic N) is 1. The lowest BCUT2D eigenvalue weighted by atomic mass is 10.1. The van der Waals surface area contributed by atoms with Crippen molar-refractivity contribution in [1.29, 1.82) is 0 Å². The minimum atomic E-state index is -1.08. The number of carbonyl (C=O) groups is 2. The molecule has 1 aromatic carbocycles. The fourth-order valence-corrected chi connectivity index (χ4v) is 1.66.